The van der Waals surface area contributed by atoms with Crippen LogP contribution < -0.4 is 0 Å². The second kappa shape index (κ2) is 4.85. The Bertz CT molecular complexity index is 575. The van der Waals surface area contributed by atoms with Crippen molar-refractivity contribution < 1.29 is 4.79 Å². The van der Waals surface area contributed by atoms with Crippen molar-refractivity contribution in [1.82, 2.24) is 15.0 Å². The first-order chi connectivity index (χ1) is 8.02. The van der Waals surface area contributed by atoms with Crippen LogP contribution >= 0.6 is 38.5 Å². The first kappa shape index (κ1) is 12.7. The lowest BCUT2D eigenvalue weighted by Crippen LogP contribution is -2.11. The lowest BCUT2D eigenvalue weighted by molar-refractivity contribution is 0.102. The minimum Gasteiger partial charge on any atom is -0.287 e. The Morgan fingerprint density at radius 3 is 2.76 bits per heavy atom. The zero-order valence-corrected chi connectivity index (χ0v) is 13.0. The van der Waals surface area contributed by atoms with Crippen LogP contribution in [0.3, 0.4) is 0 Å². The van der Waals surface area contributed by atoms with Crippen molar-refractivity contribution in [3.63, 3.8) is 0 Å². The van der Waals surface area contributed by atoms with Crippen LogP contribution in [-0.4, -0.2) is 20.8 Å². The molecule has 0 atom stereocenters. The maximum atomic E-state index is 12.4. The zero-order valence-electron chi connectivity index (χ0n) is 9.24. The van der Waals surface area contributed by atoms with E-state index in [2.05, 4.69) is 48.8 Å². The van der Waals surface area contributed by atoms with E-state index < -0.39 is 0 Å². The van der Waals surface area contributed by atoms with Crippen molar-refractivity contribution in [3.8, 4) is 0 Å². The van der Waals surface area contributed by atoms with Crippen molar-refractivity contribution in [2.24, 2.45) is 7.05 Å². The van der Waals surface area contributed by atoms with Gasteiger partial charge in [0.15, 0.2) is 4.60 Å². The highest BCUT2D eigenvalue weighted by atomic mass is 127. The van der Waals surface area contributed by atoms with Gasteiger partial charge < -0.3 is 0 Å². The van der Waals surface area contributed by atoms with Crippen molar-refractivity contribution in [2.45, 2.75) is 6.92 Å². The Balaban J connectivity index is 2.55. The molecule has 0 aliphatic carbocycles. The van der Waals surface area contributed by atoms with Crippen LogP contribution in [0.2, 0.25) is 0 Å². The predicted octanol–water partition coefficient (Wildman–Crippen LogP) is 2.72. The minimum absolute atomic E-state index is 0.0718. The molecule has 0 N–H and O–H groups in total. The van der Waals surface area contributed by atoms with Crippen molar-refractivity contribution in [2.75, 3.05) is 0 Å². The fraction of sp³-hybridized carbons (Fsp3) is 0.182. The summed E-state index contributed by atoms with van der Waals surface area (Å²) in [6, 6.07) is 5.67. The molecular weight excluding hydrogens is 397 g/mol. The summed E-state index contributed by atoms with van der Waals surface area (Å²) in [5.74, 6) is -0.0718. The molecular formula is C11H9BrIN3O. The average molecular weight is 406 g/mol. The first-order valence-electron chi connectivity index (χ1n) is 4.87. The molecule has 0 radical (unpaired) electrons. The molecule has 6 heteroatoms. The monoisotopic (exact) mass is 405 g/mol. The lowest BCUT2D eigenvalue weighted by Gasteiger charge is -2.06. The van der Waals surface area contributed by atoms with Gasteiger partial charge >= 0.3 is 0 Å². The zero-order chi connectivity index (χ0) is 12.6. The first-order valence-corrected chi connectivity index (χ1v) is 6.74. The van der Waals surface area contributed by atoms with Gasteiger partial charge in [0.1, 0.15) is 5.69 Å². The molecule has 0 unspecified atom stereocenters. The van der Waals surface area contributed by atoms with Crippen LogP contribution in [0.15, 0.2) is 22.8 Å². The van der Waals surface area contributed by atoms with Crippen LogP contribution in [0, 0.1) is 10.5 Å². The van der Waals surface area contributed by atoms with Crippen LogP contribution in [0.25, 0.3) is 0 Å². The van der Waals surface area contributed by atoms with Gasteiger partial charge in [-0.15, -0.1) is 5.10 Å². The molecule has 0 saturated carbocycles. The number of ketones is 1. The van der Waals surface area contributed by atoms with Crippen molar-refractivity contribution >= 4 is 44.3 Å². The van der Waals surface area contributed by atoms with Gasteiger partial charge in [0.25, 0.3) is 0 Å². The third-order valence-electron chi connectivity index (χ3n) is 2.44. The van der Waals surface area contributed by atoms with E-state index >= 15 is 0 Å². The number of aryl methyl sites for hydroxylation is 2. The highest BCUT2D eigenvalue weighted by Gasteiger charge is 2.20. The summed E-state index contributed by atoms with van der Waals surface area (Å²) in [6.07, 6.45) is 0. The van der Waals surface area contributed by atoms with Gasteiger partial charge in [-0.2, -0.15) is 0 Å². The summed E-state index contributed by atoms with van der Waals surface area (Å²) in [5.41, 5.74) is 2.23. The molecule has 1 aromatic carbocycles. The van der Waals surface area contributed by atoms with E-state index in [-0.39, 0.29) is 5.78 Å². The van der Waals surface area contributed by atoms with Gasteiger partial charge in [-0.3, -0.25) is 4.79 Å². The molecule has 0 saturated heterocycles. The normalized spacial score (nSPS) is 10.6. The number of carbonyl (C=O) groups is 1. The largest absolute Gasteiger partial charge is 0.287 e. The van der Waals surface area contributed by atoms with Gasteiger partial charge in [0, 0.05) is 16.2 Å². The number of aromatic nitrogens is 3. The molecule has 0 amide bonds. The molecule has 0 aliphatic heterocycles. The SMILES string of the molecule is Cc1cccc(C(=O)c2c(Br)nnn2C)c1I. The Hall–Kier alpha value is -0.760. The molecule has 2 rings (SSSR count). The van der Waals surface area contributed by atoms with Crippen LogP contribution in [-0.2, 0) is 7.05 Å². The molecule has 1 aromatic heterocycles. The van der Waals surface area contributed by atoms with E-state index in [0.717, 1.165) is 9.13 Å². The molecule has 0 fully saturated rings. The second-order valence-corrected chi connectivity index (χ2v) is 5.45. The molecule has 4 nitrogen and oxygen atoms in total. The van der Waals surface area contributed by atoms with Gasteiger partial charge in [-0.05, 0) is 57.1 Å². The van der Waals surface area contributed by atoms with E-state index in [4.69, 9.17) is 0 Å². The lowest BCUT2D eigenvalue weighted by atomic mass is 10.1. The Morgan fingerprint density at radius 1 is 1.47 bits per heavy atom. The standard InChI is InChI=1S/C11H9BrIN3O/c1-6-4-3-5-7(8(6)13)10(17)9-11(12)14-15-16(9)2/h3-5H,1-2H3. The van der Waals surface area contributed by atoms with Gasteiger partial charge in [0.2, 0.25) is 5.78 Å². The summed E-state index contributed by atoms with van der Waals surface area (Å²) in [5, 5.41) is 7.63. The predicted molar refractivity (Wildman–Crippen MR) is 76.0 cm³/mol. The third kappa shape index (κ3) is 2.28. The minimum atomic E-state index is -0.0718. The summed E-state index contributed by atoms with van der Waals surface area (Å²) >= 11 is 5.42. The summed E-state index contributed by atoms with van der Waals surface area (Å²) in [6.45, 7) is 1.98. The summed E-state index contributed by atoms with van der Waals surface area (Å²) < 4.78 is 2.91. The van der Waals surface area contributed by atoms with E-state index in [0.29, 0.717) is 15.9 Å². The van der Waals surface area contributed by atoms with E-state index in [1.807, 2.05) is 25.1 Å². The Kier molecular flexibility index (Phi) is 3.62. The fourth-order valence-corrected chi connectivity index (χ4v) is 2.64. The summed E-state index contributed by atoms with van der Waals surface area (Å²) in [7, 11) is 1.70. The number of rotatable bonds is 2. The Labute approximate surface area is 121 Å². The highest BCUT2D eigenvalue weighted by Crippen LogP contribution is 2.22. The summed E-state index contributed by atoms with van der Waals surface area (Å²) in [4.78, 5) is 12.4. The van der Waals surface area contributed by atoms with Gasteiger partial charge in [-0.25, -0.2) is 4.68 Å². The quantitative estimate of drug-likeness (QED) is 0.570. The number of hydrogen-bond donors (Lipinski definition) is 0. The second-order valence-electron chi connectivity index (χ2n) is 3.62. The smallest absolute Gasteiger partial charge is 0.214 e. The molecule has 1 heterocycles. The van der Waals surface area contributed by atoms with Gasteiger partial charge in [-0.1, -0.05) is 17.3 Å². The van der Waals surface area contributed by atoms with Gasteiger partial charge in [0.05, 0.1) is 0 Å². The third-order valence-corrected chi connectivity index (χ3v) is 4.40. The molecule has 2 aromatic rings. The topological polar surface area (TPSA) is 47.8 Å². The Morgan fingerprint density at radius 2 is 2.18 bits per heavy atom. The molecule has 88 valence electrons. The molecule has 0 bridgehead atoms. The van der Waals surface area contributed by atoms with Crippen molar-refractivity contribution in [3.05, 3.63) is 43.2 Å². The van der Waals surface area contributed by atoms with Crippen molar-refractivity contribution in [1.29, 1.82) is 0 Å². The number of halogens is 2. The molecule has 17 heavy (non-hydrogen) atoms. The molecule has 0 spiro atoms. The maximum Gasteiger partial charge on any atom is 0.214 e. The van der Waals surface area contributed by atoms with E-state index in [1.165, 1.54) is 4.68 Å². The highest BCUT2D eigenvalue weighted by molar-refractivity contribution is 14.1. The van der Waals surface area contributed by atoms with E-state index in [1.54, 1.807) is 7.05 Å². The fourth-order valence-electron chi connectivity index (χ4n) is 1.52. The van der Waals surface area contributed by atoms with Crippen LogP contribution in [0.5, 0.6) is 0 Å². The maximum absolute atomic E-state index is 12.4. The van der Waals surface area contributed by atoms with Crippen LogP contribution in [0.4, 0.5) is 0 Å². The number of nitrogens with zero attached hydrogens (tertiary/aromatic N) is 3. The molecule has 0 aliphatic rings. The number of hydrogen-bond acceptors (Lipinski definition) is 3. The number of benzene rings is 1. The van der Waals surface area contributed by atoms with E-state index in [9.17, 15) is 4.79 Å². The van der Waals surface area contributed by atoms with Crippen LogP contribution in [0.1, 0.15) is 21.6 Å². The number of carbonyl (C=O) groups excluding carboxylic acids is 1. The average Bonchev–Trinajstić information content (AvgIpc) is 2.62.